The van der Waals surface area contributed by atoms with Gasteiger partial charge >= 0.3 is 10.7 Å². The number of H-pyrrole nitrogens is 1. The van der Waals surface area contributed by atoms with Crippen molar-refractivity contribution in [3.8, 4) is 0 Å². The summed E-state index contributed by atoms with van der Waals surface area (Å²) < 4.78 is 24.9. The fourth-order valence-corrected chi connectivity index (χ4v) is 1.00. The van der Waals surface area contributed by atoms with Gasteiger partial charge in [0.05, 0.1) is 11.9 Å². The lowest BCUT2D eigenvalue weighted by atomic mass is 10.4. The molecule has 7 heteroatoms. The Morgan fingerprint density at radius 2 is 2.38 bits per heavy atom. The van der Waals surface area contributed by atoms with Crippen LogP contribution in [0.15, 0.2) is 12.4 Å². The summed E-state index contributed by atoms with van der Waals surface area (Å²) in [5.41, 5.74) is 0.282. The number of anilines is 1. The minimum atomic E-state index is -3.54. The first-order valence-electron chi connectivity index (χ1n) is 3.26. The molecule has 0 atom stereocenters. The normalized spacial score (nSPS) is 11.4. The zero-order chi connectivity index (χ0) is 10.1. The molecule has 0 aliphatic rings. The van der Waals surface area contributed by atoms with E-state index < -0.39 is 10.7 Å². The van der Waals surface area contributed by atoms with Gasteiger partial charge in [-0.15, -0.1) is 0 Å². The average molecular weight is 254 g/mol. The van der Waals surface area contributed by atoms with Gasteiger partial charge in [-0.05, 0) is 0 Å². The summed E-state index contributed by atoms with van der Waals surface area (Å²) in [5, 5.41) is 5.94. The summed E-state index contributed by atoms with van der Waals surface area (Å²) in [6.07, 6.45) is 2.62. The Hall–Kier alpha value is -0.980. The van der Waals surface area contributed by atoms with Crippen LogP contribution in [0.25, 0.3) is 0 Å². The van der Waals surface area contributed by atoms with Crippen LogP contribution in [-0.2, 0) is 4.79 Å². The summed E-state index contributed by atoms with van der Waals surface area (Å²) >= 11 is 1.97. The number of halogens is 3. The average Bonchev–Trinajstić information content (AvgIpc) is 2.51. The van der Waals surface area contributed by atoms with E-state index in [1.54, 1.807) is 0 Å². The first-order valence-corrected chi connectivity index (χ1v) is 4.06. The van der Waals surface area contributed by atoms with Gasteiger partial charge in [-0.25, -0.2) is 0 Å². The quantitative estimate of drug-likeness (QED) is 0.810. The third-order valence-electron chi connectivity index (χ3n) is 1.42. The fraction of sp³-hybridized carbons (Fsp3) is 0.333. The van der Waals surface area contributed by atoms with E-state index in [-0.39, 0.29) is 5.69 Å². The first-order chi connectivity index (χ1) is 5.93. The predicted molar refractivity (Wildman–Crippen MR) is 45.9 cm³/mol. The summed E-state index contributed by atoms with van der Waals surface area (Å²) in [6, 6.07) is 0. The molecule has 1 rings (SSSR count). The van der Waals surface area contributed by atoms with Crippen molar-refractivity contribution in [2.75, 3.05) is 11.9 Å². The highest BCUT2D eigenvalue weighted by Gasteiger charge is 2.38. The van der Waals surface area contributed by atoms with Crippen molar-refractivity contribution in [1.29, 1.82) is 0 Å². The lowest BCUT2D eigenvalue weighted by Crippen LogP contribution is -2.37. The van der Waals surface area contributed by atoms with Crippen LogP contribution in [-0.4, -0.2) is 28.0 Å². The number of aromatic nitrogens is 2. The van der Waals surface area contributed by atoms with Crippen molar-refractivity contribution in [2.45, 2.75) is 4.83 Å². The van der Waals surface area contributed by atoms with E-state index in [0.29, 0.717) is 0 Å². The number of aromatic amines is 1. The molecule has 4 nitrogen and oxygen atoms in total. The van der Waals surface area contributed by atoms with E-state index in [0.717, 1.165) is 4.90 Å². The van der Waals surface area contributed by atoms with Crippen molar-refractivity contribution in [2.24, 2.45) is 0 Å². The van der Waals surface area contributed by atoms with Crippen LogP contribution in [0.1, 0.15) is 0 Å². The van der Waals surface area contributed by atoms with Gasteiger partial charge in [-0.2, -0.15) is 13.9 Å². The van der Waals surface area contributed by atoms with E-state index in [1.807, 2.05) is 15.9 Å². The molecule has 1 aromatic rings. The largest absolute Gasteiger partial charge is 0.378 e. The summed E-state index contributed by atoms with van der Waals surface area (Å²) in [4.78, 5) is 8.21. The molecule has 72 valence electrons. The van der Waals surface area contributed by atoms with Gasteiger partial charge in [0.2, 0.25) is 0 Å². The molecule has 0 aliphatic carbocycles. The van der Waals surface area contributed by atoms with Crippen LogP contribution in [0.3, 0.4) is 0 Å². The van der Waals surface area contributed by atoms with Gasteiger partial charge in [0, 0.05) is 29.2 Å². The molecule has 0 fully saturated rings. The molecule has 0 bridgehead atoms. The number of carbonyl (C=O) groups excluding carboxylic acids is 1. The number of nitrogens with zero attached hydrogens (tertiary/aromatic N) is 2. The highest BCUT2D eigenvalue weighted by molar-refractivity contribution is 9.10. The maximum atomic E-state index is 12.5. The Morgan fingerprint density at radius 3 is 2.77 bits per heavy atom. The summed E-state index contributed by atoms with van der Waals surface area (Å²) in [7, 11) is 1.24. The van der Waals surface area contributed by atoms with Crippen LogP contribution in [0.2, 0.25) is 0 Å². The topological polar surface area (TPSA) is 49.0 Å². The van der Waals surface area contributed by atoms with Gasteiger partial charge in [0.15, 0.2) is 0 Å². The molecule has 0 spiro atoms. The van der Waals surface area contributed by atoms with Gasteiger partial charge in [0.1, 0.15) is 0 Å². The van der Waals surface area contributed by atoms with Crippen LogP contribution in [0.4, 0.5) is 14.5 Å². The highest BCUT2D eigenvalue weighted by Crippen LogP contribution is 2.25. The van der Waals surface area contributed by atoms with E-state index in [2.05, 4.69) is 10.2 Å². The molecular formula is C6H6BrF2N3O. The highest BCUT2D eigenvalue weighted by atomic mass is 79.9. The third kappa shape index (κ3) is 2.24. The molecule has 1 heterocycles. The Bertz CT molecular complexity index is 295. The molecule has 0 unspecified atom stereocenters. The number of carbonyl (C=O) groups is 1. The van der Waals surface area contributed by atoms with Crippen molar-refractivity contribution in [1.82, 2.24) is 10.2 Å². The SMILES string of the molecule is CN(C(=O)C(F)(F)Br)c1cn[nH]c1. The minimum Gasteiger partial charge on any atom is -0.307 e. The van der Waals surface area contributed by atoms with Crippen molar-refractivity contribution in [3.63, 3.8) is 0 Å². The molecular weight excluding hydrogens is 248 g/mol. The second-order valence-corrected chi connectivity index (χ2v) is 3.31. The van der Waals surface area contributed by atoms with E-state index in [9.17, 15) is 13.6 Å². The Kier molecular flexibility index (Phi) is 2.65. The lowest BCUT2D eigenvalue weighted by molar-refractivity contribution is -0.131. The zero-order valence-corrected chi connectivity index (χ0v) is 8.18. The molecule has 0 saturated heterocycles. The molecule has 13 heavy (non-hydrogen) atoms. The number of amides is 1. The summed E-state index contributed by atoms with van der Waals surface area (Å²) in [5.74, 6) is -1.34. The third-order valence-corrected chi connectivity index (χ3v) is 1.76. The number of hydrogen-bond donors (Lipinski definition) is 1. The Labute approximate surface area is 81.0 Å². The smallest absolute Gasteiger partial charge is 0.307 e. The molecule has 0 aromatic carbocycles. The first kappa shape index (κ1) is 10.1. The van der Waals surface area contributed by atoms with Crippen molar-refractivity contribution < 1.29 is 13.6 Å². The number of hydrogen-bond acceptors (Lipinski definition) is 2. The van der Waals surface area contributed by atoms with Crippen LogP contribution >= 0.6 is 15.9 Å². The predicted octanol–water partition coefficient (Wildman–Crippen LogP) is 1.36. The summed E-state index contributed by atoms with van der Waals surface area (Å²) in [6.45, 7) is 0. The Balaban J connectivity index is 2.81. The fourth-order valence-electron chi connectivity index (χ4n) is 0.735. The minimum absolute atomic E-state index is 0.282. The van der Waals surface area contributed by atoms with E-state index in [4.69, 9.17) is 0 Å². The van der Waals surface area contributed by atoms with Gasteiger partial charge < -0.3 is 4.90 Å². The maximum Gasteiger partial charge on any atom is 0.378 e. The van der Waals surface area contributed by atoms with Crippen LogP contribution in [0, 0.1) is 0 Å². The monoisotopic (exact) mass is 253 g/mol. The van der Waals surface area contributed by atoms with Crippen LogP contribution in [0.5, 0.6) is 0 Å². The van der Waals surface area contributed by atoms with Gasteiger partial charge in [-0.3, -0.25) is 9.89 Å². The van der Waals surface area contributed by atoms with Gasteiger partial charge in [-0.1, -0.05) is 0 Å². The number of rotatable bonds is 2. The Morgan fingerprint density at radius 1 is 1.77 bits per heavy atom. The molecule has 1 aromatic heterocycles. The van der Waals surface area contributed by atoms with Gasteiger partial charge in [0.25, 0.3) is 0 Å². The number of alkyl halides is 3. The lowest BCUT2D eigenvalue weighted by Gasteiger charge is -2.17. The molecule has 0 aliphatic heterocycles. The number of nitrogens with one attached hydrogen (secondary N) is 1. The second-order valence-electron chi connectivity index (χ2n) is 2.32. The molecule has 1 N–H and O–H groups in total. The zero-order valence-electron chi connectivity index (χ0n) is 6.59. The molecule has 0 radical (unpaired) electrons. The van der Waals surface area contributed by atoms with Crippen LogP contribution < -0.4 is 4.90 Å². The van der Waals surface area contributed by atoms with E-state index >= 15 is 0 Å². The second kappa shape index (κ2) is 3.41. The van der Waals surface area contributed by atoms with E-state index in [1.165, 1.54) is 19.4 Å². The maximum absolute atomic E-state index is 12.5. The van der Waals surface area contributed by atoms with Crippen molar-refractivity contribution >= 4 is 27.5 Å². The van der Waals surface area contributed by atoms with Crippen molar-refractivity contribution in [3.05, 3.63) is 12.4 Å². The molecule has 1 amide bonds. The standard InChI is InChI=1S/C6H6BrF2N3O/c1-12(4-2-10-11-3-4)5(13)6(7,8)9/h2-3H,1H3,(H,10,11). The molecule has 0 saturated carbocycles.